The van der Waals surface area contributed by atoms with Crippen molar-refractivity contribution in [3.8, 4) is 11.5 Å². The summed E-state index contributed by atoms with van der Waals surface area (Å²) in [7, 11) is 0. The van der Waals surface area contributed by atoms with E-state index >= 15 is 0 Å². The van der Waals surface area contributed by atoms with Gasteiger partial charge in [0.25, 0.3) is 5.91 Å². The minimum Gasteiger partial charge on any atom is -0.486 e. The molecule has 1 saturated heterocycles. The molecule has 3 heterocycles. The maximum Gasteiger partial charge on any atom is 0.255 e. The first-order valence-corrected chi connectivity index (χ1v) is 10.3. The first kappa shape index (κ1) is 19.6. The van der Waals surface area contributed by atoms with E-state index in [1.165, 1.54) is 4.90 Å². The van der Waals surface area contributed by atoms with Crippen LogP contribution in [-0.4, -0.2) is 48.0 Å². The number of rotatable bonds is 5. The van der Waals surface area contributed by atoms with Crippen LogP contribution in [-0.2, 0) is 27.5 Å². The van der Waals surface area contributed by atoms with Crippen molar-refractivity contribution in [2.45, 2.75) is 38.1 Å². The fourth-order valence-electron chi connectivity index (χ4n) is 4.18. The van der Waals surface area contributed by atoms with Gasteiger partial charge in [-0.1, -0.05) is 30.3 Å². The number of fused-ring (bicyclic) bond motifs is 3. The molecule has 160 valence electrons. The number of carbonyl (C=O) groups is 3. The highest BCUT2D eigenvalue weighted by atomic mass is 16.6. The first-order valence-electron chi connectivity index (χ1n) is 10.3. The lowest BCUT2D eigenvalue weighted by atomic mass is 10.0. The Hall–Kier alpha value is -3.39. The molecule has 8 nitrogen and oxygen atoms in total. The molecule has 0 spiro atoms. The molecule has 3 amide bonds. The molecule has 0 aromatic heterocycles. The van der Waals surface area contributed by atoms with Gasteiger partial charge in [-0.15, -0.1) is 0 Å². The summed E-state index contributed by atoms with van der Waals surface area (Å²) >= 11 is 0. The summed E-state index contributed by atoms with van der Waals surface area (Å²) in [4.78, 5) is 38.2. The summed E-state index contributed by atoms with van der Waals surface area (Å²) in [6.07, 6.45) is 0.233. The largest absolute Gasteiger partial charge is 0.486 e. The number of nitrogens with zero attached hydrogens (tertiary/aromatic N) is 1. The van der Waals surface area contributed by atoms with Crippen molar-refractivity contribution in [3.05, 3.63) is 59.2 Å². The van der Waals surface area contributed by atoms with E-state index in [0.717, 1.165) is 5.56 Å². The second kappa shape index (κ2) is 8.03. The Morgan fingerprint density at radius 3 is 2.74 bits per heavy atom. The van der Waals surface area contributed by atoms with Gasteiger partial charge in [-0.05, 0) is 24.1 Å². The Bertz CT molecular complexity index is 1040. The third-order valence-electron chi connectivity index (χ3n) is 5.75. The molecule has 1 unspecified atom stereocenters. The molecule has 0 radical (unpaired) electrons. The number of ether oxygens (including phenoxy) is 3. The normalized spacial score (nSPS) is 22.3. The van der Waals surface area contributed by atoms with Crippen molar-refractivity contribution in [1.29, 1.82) is 0 Å². The van der Waals surface area contributed by atoms with Crippen LogP contribution in [0.4, 0.5) is 0 Å². The van der Waals surface area contributed by atoms with Gasteiger partial charge in [-0.2, -0.15) is 0 Å². The van der Waals surface area contributed by atoms with Crippen LogP contribution in [0.2, 0.25) is 0 Å². The first-order chi connectivity index (χ1) is 15.1. The molecule has 2 atom stereocenters. The second-order valence-electron chi connectivity index (χ2n) is 7.87. The van der Waals surface area contributed by atoms with Crippen molar-refractivity contribution < 1.29 is 28.6 Å². The molecule has 3 aliphatic rings. The van der Waals surface area contributed by atoms with Crippen LogP contribution in [0.5, 0.6) is 11.5 Å². The van der Waals surface area contributed by atoms with Crippen molar-refractivity contribution in [1.82, 2.24) is 10.2 Å². The van der Waals surface area contributed by atoms with Crippen LogP contribution < -0.4 is 14.8 Å². The molecule has 0 bridgehead atoms. The Labute approximate surface area is 179 Å². The number of nitrogens with one attached hydrogen (secondary N) is 1. The fraction of sp³-hybridized carbons (Fsp3) is 0.348. The summed E-state index contributed by atoms with van der Waals surface area (Å²) in [6, 6.07) is 12.6. The number of benzene rings is 2. The predicted octanol–water partition coefficient (Wildman–Crippen LogP) is 1.80. The molecule has 2 aromatic rings. The van der Waals surface area contributed by atoms with E-state index in [4.69, 9.17) is 14.2 Å². The van der Waals surface area contributed by atoms with Gasteiger partial charge in [-0.3, -0.25) is 19.7 Å². The summed E-state index contributed by atoms with van der Waals surface area (Å²) in [5, 5.41) is 2.32. The van der Waals surface area contributed by atoms with Crippen LogP contribution in [0.15, 0.2) is 42.5 Å². The van der Waals surface area contributed by atoms with E-state index in [2.05, 4.69) is 5.32 Å². The van der Waals surface area contributed by atoms with Crippen LogP contribution in [0, 0.1) is 0 Å². The molecule has 1 N–H and O–H groups in total. The molecular weight excluding hydrogens is 400 g/mol. The van der Waals surface area contributed by atoms with Gasteiger partial charge in [0.15, 0.2) is 17.6 Å². The number of imide groups is 1. The highest BCUT2D eigenvalue weighted by Gasteiger charge is 2.41. The lowest BCUT2D eigenvalue weighted by molar-refractivity contribution is -0.136. The zero-order valence-corrected chi connectivity index (χ0v) is 16.8. The van der Waals surface area contributed by atoms with Gasteiger partial charge in [0, 0.05) is 17.5 Å². The maximum absolute atomic E-state index is 13.0. The zero-order valence-electron chi connectivity index (χ0n) is 16.8. The van der Waals surface area contributed by atoms with Gasteiger partial charge in [0.1, 0.15) is 12.6 Å². The number of amides is 3. The van der Waals surface area contributed by atoms with Gasteiger partial charge in [0.2, 0.25) is 11.8 Å². The third-order valence-corrected chi connectivity index (χ3v) is 5.75. The summed E-state index contributed by atoms with van der Waals surface area (Å²) < 4.78 is 17.8. The average molecular weight is 422 g/mol. The van der Waals surface area contributed by atoms with Crippen LogP contribution in [0.1, 0.15) is 34.3 Å². The van der Waals surface area contributed by atoms with Crippen LogP contribution in [0.25, 0.3) is 0 Å². The Kier molecular flexibility index (Phi) is 5.07. The second-order valence-corrected chi connectivity index (χ2v) is 7.87. The molecule has 8 heteroatoms. The van der Waals surface area contributed by atoms with E-state index in [0.29, 0.717) is 48.9 Å². The zero-order chi connectivity index (χ0) is 21.4. The summed E-state index contributed by atoms with van der Waals surface area (Å²) in [5.41, 5.74) is 2.28. The van der Waals surface area contributed by atoms with E-state index in [-0.39, 0.29) is 30.9 Å². The van der Waals surface area contributed by atoms with Gasteiger partial charge < -0.3 is 19.1 Å². The molecule has 5 rings (SSSR count). The summed E-state index contributed by atoms with van der Waals surface area (Å²) in [6.45, 7) is 1.42. The summed E-state index contributed by atoms with van der Waals surface area (Å²) in [5.74, 6) is 0.128. The molecule has 3 aliphatic heterocycles. The number of hydrogen-bond donors (Lipinski definition) is 1. The molecule has 1 fully saturated rings. The molecule has 0 saturated carbocycles. The standard InChI is InChI=1S/C23H22N2O6/c26-20-9-7-18(22(27)24-20)25-10-17-16(23(25)28)6-8-19-21(17)31-15(13-30-19)12-29-11-14-4-2-1-3-5-14/h1-6,8,15,18H,7,9-13H2,(H,24,26,27)/t15-,18?/m1/s1. The van der Waals surface area contributed by atoms with E-state index in [1.807, 2.05) is 30.3 Å². The van der Waals surface area contributed by atoms with Crippen molar-refractivity contribution >= 4 is 17.7 Å². The van der Waals surface area contributed by atoms with Gasteiger partial charge >= 0.3 is 0 Å². The van der Waals surface area contributed by atoms with E-state index < -0.39 is 11.9 Å². The van der Waals surface area contributed by atoms with Gasteiger partial charge in [0.05, 0.1) is 19.8 Å². The highest BCUT2D eigenvalue weighted by molar-refractivity contribution is 6.05. The topological polar surface area (TPSA) is 94.2 Å². The van der Waals surface area contributed by atoms with Crippen LogP contribution in [0.3, 0.4) is 0 Å². The Balaban J connectivity index is 1.29. The smallest absolute Gasteiger partial charge is 0.255 e. The Morgan fingerprint density at radius 1 is 1.10 bits per heavy atom. The van der Waals surface area contributed by atoms with Crippen molar-refractivity contribution in [3.63, 3.8) is 0 Å². The third kappa shape index (κ3) is 3.74. The maximum atomic E-state index is 13.0. The van der Waals surface area contributed by atoms with E-state index in [9.17, 15) is 14.4 Å². The van der Waals surface area contributed by atoms with Crippen molar-refractivity contribution in [2.75, 3.05) is 13.2 Å². The predicted molar refractivity (Wildman–Crippen MR) is 108 cm³/mol. The minimum absolute atomic E-state index is 0.217. The fourth-order valence-corrected chi connectivity index (χ4v) is 4.18. The average Bonchev–Trinajstić information content (AvgIpc) is 3.11. The SMILES string of the molecule is O=C1CCC(N2Cc3c(ccc4c3O[C@H](COCc3ccccc3)CO4)C2=O)C(=O)N1. The number of carbonyl (C=O) groups excluding carboxylic acids is 3. The molecular formula is C23H22N2O6. The molecule has 2 aromatic carbocycles. The lowest BCUT2D eigenvalue weighted by Crippen LogP contribution is -2.52. The number of hydrogen-bond acceptors (Lipinski definition) is 6. The van der Waals surface area contributed by atoms with Gasteiger partial charge in [-0.25, -0.2) is 0 Å². The minimum atomic E-state index is -0.664. The highest BCUT2D eigenvalue weighted by Crippen LogP contribution is 2.42. The number of piperidine rings is 1. The Morgan fingerprint density at radius 2 is 1.94 bits per heavy atom. The molecule has 0 aliphatic carbocycles. The quantitative estimate of drug-likeness (QED) is 0.739. The van der Waals surface area contributed by atoms with Crippen LogP contribution >= 0.6 is 0 Å². The van der Waals surface area contributed by atoms with Crippen molar-refractivity contribution in [2.24, 2.45) is 0 Å². The monoisotopic (exact) mass is 422 g/mol. The molecule has 31 heavy (non-hydrogen) atoms. The lowest BCUT2D eigenvalue weighted by Gasteiger charge is -2.30. The van der Waals surface area contributed by atoms with E-state index in [1.54, 1.807) is 12.1 Å².